The van der Waals surface area contributed by atoms with Crippen LogP contribution in [-0.4, -0.2) is 9.13 Å². The topological polar surface area (TPSA) is 13.1 Å². The van der Waals surface area contributed by atoms with E-state index in [-0.39, 0.29) is 0 Å². The van der Waals surface area contributed by atoms with E-state index in [1.807, 2.05) is 0 Å². The molecule has 0 amide bonds. The lowest BCUT2D eigenvalue weighted by atomic mass is 9.91. The first-order valence-corrected chi connectivity index (χ1v) is 22.4. The molecule has 0 unspecified atom stereocenters. The van der Waals surface area contributed by atoms with Crippen molar-refractivity contribution < 1.29 is 0 Å². The molecule has 0 saturated heterocycles. The molecule has 13 aromatic rings. The second-order valence-corrected chi connectivity index (χ2v) is 16.9. The average molecular weight is 828 g/mol. The predicted octanol–water partition coefficient (Wildman–Crippen LogP) is 17.0. The van der Waals surface area contributed by atoms with Crippen molar-refractivity contribution >= 4 is 82.2 Å². The zero-order valence-corrected chi connectivity index (χ0v) is 35.5. The molecule has 13 rings (SSSR count). The van der Waals surface area contributed by atoms with Gasteiger partial charge in [-0.1, -0.05) is 170 Å². The van der Waals surface area contributed by atoms with Gasteiger partial charge in [-0.3, -0.25) is 0 Å². The highest BCUT2D eigenvalue weighted by Crippen LogP contribution is 2.47. The van der Waals surface area contributed by atoms with E-state index in [9.17, 15) is 0 Å². The molecule has 2 heterocycles. The van der Waals surface area contributed by atoms with Crippen molar-refractivity contribution in [1.29, 1.82) is 0 Å². The van der Waals surface area contributed by atoms with E-state index in [1.54, 1.807) is 0 Å². The maximum atomic E-state index is 2.47. The summed E-state index contributed by atoms with van der Waals surface area (Å²) in [5.41, 5.74) is 15.1. The van der Waals surface area contributed by atoms with Gasteiger partial charge in [0.1, 0.15) is 0 Å². The molecule has 0 atom stereocenters. The molecular formula is C62H41N3. The van der Waals surface area contributed by atoms with Crippen LogP contribution in [-0.2, 0) is 0 Å². The Kier molecular flexibility index (Phi) is 8.53. The second kappa shape index (κ2) is 15.0. The molecular weight excluding hydrogens is 787 g/mol. The zero-order chi connectivity index (χ0) is 42.8. The molecule has 0 aliphatic rings. The van der Waals surface area contributed by atoms with Gasteiger partial charge < -0.3 is 14.0 Å². The highest BCUT2D eigenvalue weighted by atomic mass is 15.1. The average Bonchev–Trinajstić information content (AvgIpc) is 3.90. The van der Waals surface area contributed by atoms with E-state index in [2.05, 4.69) is 263 Å². The van der Waals surface area contributed by atoms with Crippen LogP contribution >= 0.6 is 0 Å². The summed E-state index contributed by atoms with van der Waals surface area (Å²) in [5, 5.41) is 9.84. The molecule has 0 fully saturated rings. The minimum atomic E-state index is 1.08. The highest BCUT2D eigenvalue weighted by Gasteiger charge is 2.23. The van der Waals surface area contributed by atoms with E-state index < -0.39 is 0 Å². The van der Waals surface area contributed by atoms with Gasteiger partial charge >= 0.3 is 0 Å². The minimum absolute atomic E-state index is 1.08. The monoisotopic (exact) mass is 827 g/mol. The first kappa shape index (κ1) is 36.9. The van der Waals surface area contributed by atoms with Gasteiger partial charge in [-0.05, 0) is 123 Å². The summed E-state index contributed by atoms with van der Waals surface area (Å²) in [7, 11) is 0. The van der Waals surface area contributed by atoms with Crippen LogP contribution in [0, 0.1) is 0 Å². The number of aromatic nitrogens is 2. The maximum Gasteiger partial charge on any atom is 0.0562 e. The van der Waals surface area contributed by atoms with Gasteiger partial charge in [0.25, 0.3) is 0 Å². The number of rotatable bonds is 7. The van der Waals surface area contributed by atoms with Crippen molar-refractivity contribution in [3.8, 4) is 33.6 Å². The van der Waals surface area contributed by atoms with Crippen LogP contribution in [0.15, 0.2) is 249 Å². The molecule has 0 aliphatic heterocycles. The Morgan fingerprint density at radius 1 is 0.277 bits per heavy atom. The normalized spacial score (nSPS) is 11.7. The van der Waals surface area contributed by atoms with E-state index in [0.717, 1.165) is 34.0 Å². The lowest BCUT2D eigenvalue weighted by molar-refractivity contribution is 1.18. The molecule has 304 valence electrons. The molecule has 11 aromatic carbocycles. The zero-order valence-electron chi connectivity index (χ0n) is 35.5. The summed E-state index contributed by atoms with van der Waals surface area (Å²) < 4.78 is 4.82. The highest BCUT2D eigenvalue weighted by molar-refractivity contribution is 6.22. The third kappa shape index (κ3) is 5.90. The molecule has 65 heavy (non-hydrogen) atoms. The lowest BCUT2D eigenvalue weighted by Gasteiger charge is -2.27. The molecule has 0 aliphatic carbocycles. The molecule has 3 nitrogen and oxygen atoms in total. The van der Waals surface area contributed by atoms with Crippen LogP contribution in [0.4, 0.5) is 17.1 Å². The molecule has 0 saturated carbocycles. The van der Waals surface area contributed by atoms with Gasteiger partial charge in [0.15, 0.2) is 0 Å². The van der Waals surface area contributed by atoms with Crippen molar-refractivity contribution in [1.82, 2.24) is 9.13 Å². The first-order valence-electron chi connectivity index (χ1n) is 22.4. The summed E-state index contributed by atoms with van der Waals surface area (Å²) in [6.07, 6.45) is 0. The van der Waals surface area contributed by atoms with Gasteiger partial charge in [0.05, 0.1) is 27.8 Å². The van der Waals surface area contributed by atoms with Gasteiger partial charge in [-0.2, -0.15) is 0 Å². The fraction of sp³-hybridized carbons (Fsp3) is 0. The second-order valence-electron chi connectivity index (χ2n) is 16.9. The summed E-state index contributed by atoms with van der Waals surface area (Å²) in [4.78, 5) is 2.47. The van der Waals surface area contributed by atoms with Crippen LogP contribution in [0.1, 0.15) is 0 Å². The number of hydrogen-bond acceptors (Lipinski definition) is 1. The lowest BCUT2D eigenvalue weighted by Crippen LogP contribution is -2.10. The Morgan fingerprint density at radius 3 is 1.49 bits per heavy atom. The van der Waals surface area contributed by atoms with Crippen molar-refractivity contribution in [2.24, 2.45) is 0 Å². The van der Waals surface area contributed by atoms with Gasteiger partial charge in [0.2, 0.25) is 0 Å². The number of fused-ring (bicyclic) bond motifs is 9. The molecule has 0 bridgehead atoms. The number of nitrogens with zero attached hydrogens (tertiary/aromatic N) is 3. The quantitative estimate of drug-likeness (QED) is 0.156. The first-order chi connectivity index (χ1) is 32.3. The van der Waals surface area contributed by atoms with Crippen molar-refractivity contribution in [3.63, 3.8) is 0 Å². The SMILES string of the molecule is c1ccc(-c2cccc3cccc(-c4ccc(N(c5ccc6c(c5)c5c7ccccc7ccc5n6-c5ccccc5)c5cccc6c5c5ccccc5n6-c5ccccc5)cc4)c23)cc1. The van der Waals surface area contributed by atoms with Crippen LogP contribution in [0.2, 0.25) is 0 Å². The smallest absolute Gasteiger partial charge is 0.0562 e. The molecule has 2 aromatic heterocycles. The minimum Gasteiger partial charge on any atom is -0.310 e. The van der Waals surface area contributed by atoms with Crippen LogP contribution in [0.25, 0.3) is 98.8 Å². The Balaban J connectivity index is 1.08. The van der Waals surface area contributed by atoms with Crippen LogP contribution in [0.5, 0.6) is 0 Å². The van der Waals surface area contributed by atoms with Gasteiger partial charge in [0, 0.05) is 44.3 Å². The number of para-hydroxylation sites is 3. The van der Waals surface area contributed by atoms with E-state index in [4.69, 9.17) is 0 Å². The maximum absolute atomic E-state index is 2.47. The Hall–Kier alpha value is -8.66. The number of anilines is 3. The van der Waals surface area contributed by atoms with Gasteiger partial charge in [-0.25, -0.2) is 0 Å². The fourth-order valence-corrected chi connectivity index (χ4v) is 10.5. The third-order valence-electron chi connectivity index (χ3n) is 13.3. The summed E-state index contributed by atoms with van der Waals surface area (Å²) in [6.45, 7) is 0. The largest absolute Gasteiger partial charge is 0.310 e. The Labute approximate surface area is 376 Å². The van der Waals surface area contributed by atoms with E-state index in [0.29, 0.717) is 0 Å². The molecule has 0 spiro atoms. The third-order valence-corrected chi connectivity index (χ3v) is 13.3. The van der Waals surface area contributed by atoms with E-state index >= 15 is 0 Å². The predicted molar refractivity (Wildman–Crippen MR) is 276 cm³/mol. The van der Waals surface area contributed by atoms with Crippen LogP contribution < -0.4 is 4.90 Å². The summed E-state index contributed by atoms with van der Waals surface area (Å²) >= 11 is 0. The standard InChI is InChI=1S/C62H41N3/c1-4-17-42(18-5-1)50-28-14-20-45-21-15-29-51(60(45)50)44-33-36-48(37-34-44)63(57-31-16-32-58-62(57)53-27-12-13-30-55(53)64(58)46-22-6-2-7-23-46)49-38-40-56-54(41-49)61-52-26-11-10-19-43(52)35-39-59(61)65(56)47-24-8-3-9-25-47/h1-41H. The van der Waals surface area contributed by atoms with Crippen molar-refractivity contribution in [2.45, 2.75) is 0 Å². The molecule has 0 N–H and O–H groups in total. The van der Waals surface area contributed by atoms with Gasteiger partial charge in [-0.15, -0.1) is 0 Å². The number of benzene rings is 11. The van der Waals surface area contributed by atoms with Crippen molar-refractivity contribution in [2.75, 3.05) is 4.90 Å². The molecule has 0 radical (unpaired) electrons. The van der Waals surface area contributed by atoms with Crippen LogP contribution in [0.3, 0.4) is 0 Å². The Morgan fingerprint density at radius 2 is 0.785 bits per heavy atom. The fourth-order valence-electron chi connectivity index (χ4n) is 10.5. The van der Waals surface area contributed by atoms with Crippen molar-refractivity contribution in [3.05, 3.63) is 249 Å². The van der Waals surface area contributed by atoms with E-state index in [1.165, 1.54) is 81.9 Å². The number of hydrogen-bond donors (Lipinski definition) is 0. The summed E-state index contributed by atoms with van der Waals surface area (Å²) in [6, 6.07) is 90.7. The Bertz CT molecular complexity index is 3910. The molecule has 3 heteroatoms. The summed E-state index contributed by atoms with van der Waals surface area (Å²) in [5.74, 6) is 0.